The zero-order chi connectivity index (χ0) is 10.7. The lowest BCUT2D eigenvalue weighted by molar-refractivity contribution is 0.0952. The normalized spacial score (nSPS) is 11.9. The Morgan fingerprint density at radius 1 is 1.79 bits per heavy atom. The van der Waals surface area contributed by atoms with Crippen LogP contribution in [-0.4, -0.2) is 11.9 Å². The Kier molecular flexibility index (Phi) is 3.50. The summed E-state index contributed by atoms with van der Waals surface area (Å²) < 4.78 is 0. The van der Waals surface area contributed by atoms with Crippen LogP contribution < -0.4 is 5.32 Å². The molecule has 1 unspecified atom stereocenters. The van der Waals surface area contributed by atoms with Crippen LogP contribution in [0.3, 0.4) is 0 Å². The molecule has 1 aromatic heterocycles. The number of rotatable bonds is 2. The predicted molar refractivity (Wildman–Crippen MR) is 56.6 cm³/mol. The molecule has 0 fully saturated rings. The number of nitrogens with one attached hydrogen (secondary N) is 1. The molecule has 0 bridgehead atoms. The van der Waals surface area contributed by atoms with E-state index in [0.717, 1.165) is 5.56 Å². The molecule has 74 valence electrons. The first kappa shape index (κ1) is 11.0. The molecular formula is C9H9ClN2OS. The second-order valence-corrected chi connectivity index (χ2v) is 4.14. The first-order valence-electron chi connectivity index (χ1n) is 4.00. The van der Waals surface area contributed by atoms with Crippen LogP contribution in [0.15, 0.2) is 5.38 Å². The van der Waals surface area contributed by atoms with E-state index in [0.29, 0.717) is 9.90 Å². The van der Waals surface area contributed by atoms with Crippen molar-refractivity contribution < 1.29 is 4.79 Å². The van der Waals surface area contributed by atoms with Gasteiger partial charge in [0.05, 0.1) is 11.1 Å². The van der Waals surface area contributed by atoms with E-state index >= 15 is 0 Å². The number of aryl methyl sites for hydroxylation is 1. The number of nitrogens with zero attached hydrogens (tertiary/aromatic N) is 1. The zero-order valence-corrected chi connectivity index (χ0v) is 9.37. The molecule has 3 nitrogen and oxygen atoms in total. The van der Waals surface area contributed by atoms with E-state index in [-0.39, 0.29) is 5.91 Å². The fourth-order valence-electron chi connectivity index (χ4n) is 0.878. The number of hydrogen-bond acceptors (Lipinski definition) is 3. The van der Waals surface area contributed by atoms with E-state index in [1.165, 1.54) is 11.3 Å². The minimum absolute atomic E-state index is 0.290. The highest BCUT2D eigenvalue weighted by molar-refractivity contribution is 7.13. The van der Waals surface area contributed by atoms with E-state index in [2.05, 4.69) is 5.32 Å². The summed E-state index contributed by atoms with van der Waals surface area (Å²) >= 11 is 7.18. The first-order chi connectivity index (χ1) is 6.56. The maximum Gasteiger partial charge on any atom is 0.263 e. The lowest BCUT2D eigenvalue weighted by atomic mass is 10.3. The Bertz CT molecular complexity index is 394. The summed E-state index contributed by atoms with van der Waals surface area (Å²) in [5.74, 6) is -0.290. The molecule has 0 saturated heterocycles. The second kappa shape index (κ2) is 4.45. The molecule has 5 heteroatoms. The molecule has 0 spiro atoms. The van der Waals surface area contributed by atoms with Crippen LogP contribution in [0.25, 0.3) is 0 Å². The lowest BCUT2D eigenvalue weighted by Gasteiger charge is -2.04. The highest BCUT2D eigenvalue weighted by atomic mass is 35.5. The Labute approximate surface area is 91.3 Å². The summed E-state index contributed by atoms with van der Waals surface area (Å²) in [6.07, 6.45) is 0. The summed E-state index contributed by atoms with van der Waals surface area (Å²) in [6.45, 7) is 3.45. The van der Waals surface area contributed by atoms with Crippen LogP contribution in [0, 0.1) is 18.3 Å². The summed E-state index contributed by atoms with van der Waals surface area (Å²) in [5.41, 5.74) is 0.881. The van der Waals surface area contributed by atoms with Gasteiger partial charge in [0.15, 0.2) is 0 Å². The van der Waals surface area contributed by atoms with Gasteiger partial charge in [-0.05, 0) is 24.8 Å². The molecule has 14 heavy (non-hydrogen) atoms. The van der Waals surface area contributed by atoms with Crippen molar-refractivity contribution in [1.82, 2.24) is 5.32 Å². The van der Waals surface area contributed by atoms with Crippen LogP contribution in [-0.2, 0) is 0 Å². The summed E-state index contributed by atoms with van der Waals surface area (Å²) in [6, 6.07) is 1.42. The largest absolute Gasteiger partial charge is 0.336 e. The molecular weight excluding hydrogens is 220 g/mol. The molecule has 1 rings (SSSR count). The average Bonchev–Trinajstić information content (AvgIpc) is 2.47. The average molecular weight is 229 g/mol. The smallest absolute Gasteiger partial charge is 0.263 e. The third kappa shape index (κ3) is 2.25. The number of halogens is 1. The Hall–Kier alpha value is -1.05. The van der Waals surface area contributed by atoms with Crippen LogP contribution in [0.5, 0.6) is 0 Å². The van der Waals surface area contributed by atoms with Gasteiger partial charge in [0.1, 0.15) is 10.9 Å². The van der Waals surface area contributed by atoms with Gasteiger partial charge < -0.3 is 5.32 Å². The van der Waals surface area contributed by atoms with E-state index in [9.17, 15) is 4.79 Å². The molecule has 1 amide bonds. The zero-order valence-electron chi connectivity index (χ0n) is 7.80. The van der Waals surface area contributed by atoms with Crippen molar-refractivity contribution in [3.63, 3.8) is 0 Å². The van der Waals surface area contributed by atoms with Crippen molar-refractivity contribution in [3.8, 4) is 6.07 Å². The standard InChI is InChI=1S/C9H9ClN2OS/c1-5-4-14-8(7(5)10)9(13)12-6(2)3-11/h4,6H,1-2H3,(H,12,13). The van der Waals surface area contributed by atoms with Crippen molar-refractivity contribution in [1.29, 1.82) is 5.26 Å². The Morgan fingerprint density at radius 2 is 2.43 bits per heavy atom. The van der Waals surface area contributed by atoms with Crippen LogP contribution in [0.4, 0.5) is 0 Å². The van der Waals surface area contributed by atoms with E-state index in [4.69, 9.17) is 16.9 Å². The van der Waals surface area contributed by atoms with Gasteiger partial charge in [0.25, 0.3) is 5.91 Å². The van der Waals surface area contributed by atoms with E-state index < -0.39 is 6.04 Å². The number of hydrogen-bond donors (Lipinski definition) is 1. The molecule has 1 heterocycles. The molecule has 0 radical (unpaired) electrons. The molecule has 1 N–H and O–H groups in total. The molecule has 0 aliphatic rings. The topological polar surface area (TPSA) is 52.9 Å². The van der Waals surface area contributed by atoms with Crippen LogP contribution >= 0.6 is 22.9 Å². The SMILES string of the molecule is Cc1csc(C(=O)NC(C)C#N)c1Cl. The summed E-state index contributed by atoms with van der Waals surface area (Å²) in [7, 11) is 0. The highest BCUT2D eigenvalue weighted by Crippen LogP contribution is 2.26. The van der Waals surface area contributed by atoms with Gasteiger partial charge in [-0.15, -0.1) is 11.3 Å². The molecule has 0 saturated carbocycles. The van der Waals surface area contributed by atoms with E-state index in [1.54, 1.807) is 6.92 Å². The van der Waals surface area contributed by atoms with Gasteiger partial charge in [-0.25, -0.2) is 0 Å². The van der Waals surface area contributed by atoms with Gasteiger partial charge in [-0.1, -0.05) is 11.6 Å². The maximum absolute atomic E-state index is 11.5. The first-order valence-corrected chi connectivity index (χ1v) is 5.26. The lowest BCUT2D eigenvalue weighted by Crippen LogP contribution is -2.30. The Morgan fingerprint density at radius 3 is 2.86 bits per heavy atom. The van der Waals surface area contributed by atoms with Gasteiger partial charge in [0.2, 0.25) is 0 Å². The van der Waals surface area contributed by atoms with Gasteiger partial charge in [-0.3, -0.25) is 4.79 Å². The minimum atomic E-state index is -0.499. The number of carbonyl (C=O) groups excluding carboxylic acids is 1. The van der Waals surface area contributed by atoms with Crippen LogP contribution in [0.1, 0.15) is 22.2 Å². The Balaban J connectivity index is 2.81. The van der Waals surface area contributed by atoms with Crippen LogP contribution in [0.2, 0.25) is 5.02 Å². The monoisotopic (exact) mass is 228 g/mol. The molecule has 1 aromatic rings. The van der Waals surface area contributed by atoms with Gasteiger partial charge >= 0.3 is 0 Å². The van der Waals surface area contributed by atoms with Crippen molar-refractivity contribution >= 4 is 28.8 Å². The van der Waals surface area contributed by atoms with Crippen molar-refractivity contribution in [2.24, 2.45) is 0 Å². The predicted octanol–water partition coefficient (Wildman–Crippen LogP) is 2.35. The number of amides is 1. The highest BCUT2D eigenvalue weighted by Gasteiger charge is 2.15. The molecule has 0 aliphatic heterocycles. The fraction of sp³-hybridized carbons (Fsp3) is 0.333. The number of thiophene rings is 1. The van der Waals surface area contributed by atoms with Crippen molar-refractivity contribution in [2.45, 2.75) is 19.9 Å². The third-order valence-electron chi connectivity index (χ3n) is 1.65. The minimum Gasteiger partial charge on any atom is -0.336 e. The second-order valence-electron chi connectivity index (χ2n) is 2.89. The van der Waals surface area contributed by atoms with Crippen molar-refractivity contribution in [3.05, 3.63) is 20.8 Å². The third-order valence-corrected chi connectivity index (χ3v) is 3.34. The van der Waals surface area contributed by atoms with Gasteiger partial charge in [-0.2, -0.15) is 5.26 Å². The number of carbonyl (C=O) groups is 1. The van der Waals surface area contributed by atoms with Crippen molar-refractivity contribution in [2.75, 3.05) is 0 Å². The summed E-state index contributed by atoms with van der Waals surface area (Å²) in [4.78, 5) is 12.0. The summed E-state index contributed by atoms with van der Waals surface area (Å²) in [5, 5.41) is 13.3. The van der Waals surface area contributed by atoms with E-state index in [1.807, 2.05) is 18.4 Å². The fourth-order valence-corrected chi connectivity index (χ4v) is 2.06. The number of nitriles is 1. The quantitative estimate of drug-likeness (QED) is 0.845. The molecule has 0 aromatic carbocycles. The maximum atomic E-state index is 11.5. The molecule has 0 aliphatic carbocycles. The van der Waals surface area contributed by atoms with Gasteiger partial charge in [0, 0.05) is 0 Å². The molecule has 1 atom stereocenters.